The van der Waals surface area contributed by atoms with Crippen LogP contribution in [0.15, 0.2) is 24.3 Å². The van der Waals surface area contributed by atoms with E-state index in [4.69, 9.17) is 0 Å². The summed E-state index contributed by atoms with van der Waals surface area (Å²) in [5.41, 5.74) is 1.21. The molecule has 0 aromatic heterocycles. The lowest BCUT2D eigenvalue weighted by molar-refractivity contribution is -0.912. The van der Waals surface area contributed by atoms with Crippen molar-refractivity contribution < 1.29 is 8.87 Å². The van der Waals surface area contributed by atoms with E-state index in [9.17, 15) is 4.39 Å². The number of hydrogen-bond acceptors (Lipinski definition) is 1. The summed E-state index contributed by atoms with van der Waals surface area (Å²) >= 11 is 0. The molecule has 1 saturated heterocycles. The monoisotopic (exact) mass is 237 g/mol. The Bertz CT molecular complexity index is 353. The molecule has 0 bridgehead atoms. The molecule has 2 nitrogen and oxygen atoms in total. The van der Waals surface area contributed by atoms with Crippen LogP contribution in [0.25, 0.3) is 0 Å². The van der Waals surface area contributed by atoms with Gasteiger partial charge in [0.1, 0.15) is 5.82 Å². The lowest BCUT2D eigenvalue weighted by Gasteiger charge is -2.41. The van der Waals surface area contributed by atoms with E-state index in [1.54, 1.807) is 12.1 Å². The molecule has 0 spiro atoms. The Morgan fingerprint density at radius 1 is 1.18 bits per heavy atom. The first-order valence-electron chi connectivity index (χ1n) is 6.42. The fourth-order valence-corrected chi connectivity index (χ4v) is 2.31. The van der Waals surface area contributed by atoms with Gasteiger partial charge in [0, 0.05) is 19.6 Å². The first-order valence-corrected chi connectivity index (χ1v) is 6.42. The van der Waals surface area contributed by atoms with Gasteiger partial charge in [0.25, 0.3) is 0 Å². The van der Waals surface area contributed by atoms with Crippen LogP contribution in [0, 0.1) is 5.82 Å². The van der Waals surface area contributed by atoms with Crippen molar-refractivity contribution >= 4 is 0 Å². The molecule has 1 aromatic rings. The van der Waals surface area contributed by atoms with Gasteiger partial charge in [-0.2, -0.15) is 0 Å². The number of likely N-dealkylation sites (N-methyl/N-ethyl adjacent to an activating group) is 1. The van der Waals surface area contributed by atoms with Gasteiger partial charge in [0.2, 0.25) is 0 Å². The van der Waals surface area contributed by atoms with Crippen LogP contribution in [0.3, 0.4) is 0 Å². The van der Waals surface area contributed by atoms with Crippen molar-refractivity contribution in [3.63, 3.8) is 0 Å². The topological polar surface area (TPSA) is 3.24 Å². The van der Waals surface area contributed by atoms with E-state index in [1.807, 2.05) is 12.1 Å². The predicted octanol–water partition coefficient (Wildman–Crippen LogP) is 2.11. The Morgan fingerprint density at radius 2 is 1.76 bits per heavy atom. The zero-order valence-corrected chi connectivity index (χ0v) is 10.8. The third-order valence-corrected chi connectivity index (χ3v) is 4.00. The Morgan fingerprint density at radius 3 is 2.29 bits per heavy atom. The molecule has 94 valence electrons. The van der Waals surface area contributed by atoms with Crippen molar-refractivity contribution in [1.82, 2.24) is 4.90 Å². The molecule has 0 saturated carbocycles. The van der Waals surface area contributed by atoms with E-state index in [0.717, 1.165) is 19.6 Å². The maximum atomic E-state index is 12.8. The first kappa shape index (κ1) is 12.5. The molecule has 1 heterocycles. The highest BCUT2D eigenvalue weighted by molar-refractivity contribution is 5.15. The number of rotatable bonds is 3. The minimum atomic E-state index is -0.150. The molecule has 17 heavy (non-hydrogen) atoms. The van der Waals surface area contributed by atoms with Crippen molar-refractivity contribution in [3.8, 4) is 0 Å². The molecule has 1 aliphatic rings. The van der Waals surface area contributed by atoms with Crippen molar-refractivity contribution in [3.05, 3.63) is 35.6 Å². The third kappa shape index (κ3) is 3.27. The minimum Gasteiger partial charge on any atom is -0.324 e. The highest BCUT2D eigenvalue weighted by Crippen LogP contribution is 2.13. The van der Waals surface area contributed by atoms with E-state index in [-0.39, 0.29) is 5.82 Å². The molecule has 3 heteroatoms. The average molecular weight is 237 g/mol. The third-order valence-electron chi connectivity index (χ3n) is 4.00. The maximum absolute atomic E-state index is 12.8. The predicted molar refractivity (Wildman–Crippen MR) is 68.1 cm³/mol. The van der Waals surface area contributed by atoms with Crippen LogP contribution in [0.1, 0.15) is 12.5 Å². The quantitative estimate of drug-likeness (QED) is 0.728. The Labute approximate surface area is 103 Å². The number of hydrogen-bond donors (Lipinski definition) is 0. The lowest BCUT2D eigenvalue weighted by atomic mass is 10.2. The van der Waals surface area contributed by atoms with Gasteiger partial charge >= 0.3 is 0 Å². The van der Waals surface area contributed by atoms with Crippen LogP contribution < -0.4 is 0 Å². The summed E-state index contributed by atoms with van der Waals surface area (Å²) in [5, 5.41) is 0. The van der Waals surface area contributed by atoms with E-state index >= 15 is 0 Å². The van der Waals surface area contributed by atoms with E-state index in [0.29, 0.717) is 0 Å². The van der Waals surface area contributed by atoms with E-state index < -0.39 is 0 Å². The summed E-state index contributed by atoms with van der Waals surface area (Å²) in [4.78, 5) is 2.46. The highest BCUT2D eigenvalue weighted by atomic mass is 19.1. The van der Waals surface area contributed by atoms with Gasteiger partial charge in [-0.1, -0.05) is 12.1 Å². The molecule has 0 atom stereocenters. The summed E-state index contributed by atoms with van der Waals surface area (Å²) in [7, 11) is 2.33. The zero-order valence-electron chi connectivity index (χ0n) is 10.8. The molecular formula is C14H22FN2+. The number of halogens is 1. The van der Waals surface area contributed by atoms with Crippen LogP contribution in [-0.4, -0.2) is 49.2 Å². The van der Waals surface area contributed by atoms with E-state index in [2.05, 4.69) is 18.9 Å². The number of piperazine rings is 1. The second kappa shape index (κ2) is 5.15. The van der Waals surface area contributed by atoms with Crippen LogP contribution in [0.5, 0.6) is 0 Å². The summed E-state index contributed by atoms with van der Waals surface area (Å²) in [6.07, 6.45) is 0. The molecule has 2 rings (SSSR count). The summed E-state index contributed by atoms with van der Waals surface area (Å²) in [6, 6.07) is 6.87. The van der Waals surface area contributed by atoms with Gasteiger partial charge in [-0.25, -0.2) is 4.39 Å². The zero-order chi connectivity index (χ0) is 12.3. The lowest BCUT2D eigenvalue weighted by Crippen LogP contribution is -2.56. The molecule has 1 fully saturated rings. The van der Waals surface area contributed by atoms with Crippen molar-refractivity contribution in [2.45, 2.75) is 13.5 Å². The molecule has 0 unspecified atom stereocenters. The van der Waals surface area contributed by atoms with Crippen LogP contribution >= 0.6 is 0 Å². The summed E-state index contributed by atoms with van der Waals surface area (Å²) in [6.45, 7) is 9.14. The largest absolute Gasteiger partial charge is 0.324 e. The van der Waals surface area contributed by atoms with Gasteiger partial charge in [-0.3, -0.25) is 4.90 Å². The second-order valence-electron chi connectivity index (χ2n) is 5.29. The maximum Gasteiger partial charge on any atom is 0.123 e. The van der Waals surface area contributed by atoms with Crippen LogP contribution in [-0.2, 0) is 6.54 Å². The van der Waals surface area contributed by atoms with Crippen molar-refractivity contribution in [2.24, 2.45) is 0 Å². The highest BCUT2D eigenvalue weighted by Gasteiger charge is 2.26. The molecular weight excluding hydrogens is 215 g/mol. The standard InChI is InChI=1S/C14H22FN2/c1-3-17(2)10-8-16(9-11-17)12-13-4-6-14(15)7-5-13/h4-7H,3,8-12H2,1-2H3/q+1. The van der Waals surface area contributed by atoms with Crippen LogP contribution in [0.4, 0.5) is 4.39 Å². The van der Waals surface area contributed by atoms with Gasteiger partial charge in [0.05, 0.1) is 26.7 Å². The fourth-order valence-electron chi connectivity index (χ4n) is 2.31. The van der Waals surface area contributed by atoms with Crippen molar-refractivity contribution in [1.29, 1.82) is 0 Å². The Hall–Kier alpha value is -0.930. The van der Waals surface area contributed by atoms with Gasteiger partial charge in [-0.05, 0) is 24.6 Å². The second-order valence-corrected chi connectivity index (χ2v) is 5.29. The van der Waals surface area contributed by atoms with Crippen molar-refractivity contribution in [2.75, 3.05) is 39.8 Å². The van der Waals surface area contributed by atoms with Gasteiger partial charge in [0.15, 0.2) is 0 Å². The summed E-state index contributed by atoms with van der Waals surface area (Å²) in [5.74, 6) is -0.150. The SMILES string of the molecule is CC[N+]1(C)CCN(Cc2ccc(F)cc2)CC1. The molecule has 0 N–H and O–H groups in total. The Balaban J connectivity index is 1.88. The van der Waals surface area contributed by atoms with E-state index in [1.165, 1.54) is 29.7 Å². The fraction of sp³-hybridized carbons (Fsp3) is 0.571. The smallest absolute Gasteiger partial charge is 0.123 e. The number of quaternary nitrogens is 1. The van der Waals surface area contributed by atoms with Gasteiger partial charge < -0.3 is 4.48 Å². The normalized spacial score (nSPS) is 20.4. The molecule has 0 amide bonds. The number of benzene rings is 1. The molecule has 1 aliphatic heterocycles. The molecule has 1 aromatic carbocycles. The first-order chi connectivity index (χ1) is 8.11. The van der Waals surface area contributed by atoms with Gasteiger partial charge in [-0.15, -0.1) is 0 Å². The molecule has 0 radical (unpaired) electrons. The average Bonchev–Trinajstić information content (AvgIpc) is 2.35. The van der Waals surface area contributed by atoms with Crippen LogP contribution in [0.2, 0.25) is 0 Å². The Kier molecular flexibility index (Phi) is 3.79. The number of nitrogens with zero attached hydrogens (tertiary/aromatic N) is 2. The summed E-state index contributed by atoms with van der Waals surface area (Å²) < 4.78 is 14.0. The minimum absolute atomic E-state index is 0.150. The molecule has 0 aliphatic carbocycles.